The van der Waals surface area contributed by atoms with Crippen molar-refractivity contribution in [3.8, 4) is 23.7 Å². The minimum absolute atomic E-state index is 0.116. The lowest BCUT2D eigenvalue weighted by Gasteiger charge is -2.37. The van der Waals surface area contributed by atoms with Crippen LogP contribution in [0.5, 0.6) is 0 Å². The van der Waals surface area contributed by atoms with Crippen LogP contribution in [0.25, 0.3) is 5.82 Å². The van der Waals surface area contributed by atoms with Crippen LogP contribution in [-0.4, -0.2) is 68.1 Å². The van der Waals surface area contributed by atoms with Crippen molar-refractivity contribution in [3.63, 3.8) is 0 Å². The maximum absolute atomic E-state index is 13.0. The van der Waals surface area contributed by atoms with E-state index in [1.807, 2.05) is 22.6 Å². The summed E-state index contributed by atoms with van der Waals surface area (Å²) in [5.74, 6) is 5.42. The molecule has 0 aliphatic carbocycles. The Kier molecular flexibility index (Phi) is 8.88. The van der Waals surface area contributed by atoms with E-state index in [2.05, 4.69) is 38.3 Å². The molecular formula is C25H24F3IN8O3S. The Labute approximate surface area is 248 Å². The number of alkyl halides is 4. The highest BCUT2D eigenvalue weighted by molar-refractivity contribution is 14.1. The average molecular weight is 700 g/mol. The molecule has 0 bridgehead atoms. The van der Waals surface area contributed by atoms with Crippen molar-refractivity contribution in [1.82, 2.24) is 28.7 Å². The third-order valence-corrected chi connectivity index (χ3v) is 10.2. The molecule has 16 heteroatoms. The minimum Gasteiger partial charge on any atom is -0.323 e. The number of carbonyl (C=O) groups excluding carboxylic acids is 1. The highest BCUT2D eigenvalue weighted by Gasteiger charge is 2.43. The molecule has 2 aliphatic heterocycles. The third kappa shape index (κ3) is 6.30. The number of amides is 1. The number of rotatable bonds is 7. The van der Waals surface area contributed by atoms with E-state index in [0.717, 1.165) is 12.1 Å². The third-order valence-electron chi connectivity index (χ3n) is 6.79. The molecule has 2 aromatic heterocycles. The number of pyridine rings is 1. The quantitative estimate of drug-likeness (QED) is 0.204. The Balaban J connectivity index is 1.48. The molecule has 2 aliphatic rings. The maximum Gasteiger partial charge on any atom is 0.417 e. The zero-order valence-electron chi connectivity index (χ0n) is 21.9. The number of hydrogen-bond acceptors (Lipinski definition) is 7. The Morgan fingerprint density at radius 2 is 2.00 bits per heavy atom. The Hall–Kier alpha value is -3.32. The van der Waals surface area contributed by atoms with Gasteiger partial charge in [0.2, 0.25) is 0 Å². The van der Waals surface area contributed by atoms with Gasteiger partial charge in [0.25, 0.3) is 16.1 Å². The average Bonchev–Trinajstić information content (AvgIpc) is 3.18. The van der Waals surface area contributed by atoms with Crippen LogP contribution in [0, 0.1) is 35.5 Å². The van der Waals surface area contributed by atoms with Gasteiger partial charge in [-0.1, -0.05) is 28.5 Å². The number of piperidine rings is 1. The van der Waals surface area contributed by atoms with Crippen LogP contribution < -0.4 is 5.32 Å². The molecule has 1 saturated heterocycles. The summed E-state index contributed by atoms with van der Waals surface area (Å²) in [5, 5.41) is 16.9. The largest absolute Gasteiger partial charge is 0.417 e. The molecule has 1 N–H and O–H groups in total. The first-order valence-corrected chi connectivity index (χ1v) is 15.1. The fourth-order valence-corrected chi connectivity index (χ4v) is 6.50. The number of nitriles is 1. The zero-order valence-corrected chi connectivity index (χ0v) is 24.9. The fraction of sp³-hybridized carbons (Fsp3) is 0.400. The first-order valence-electron chi connectivity index (χ1n) is 12.2. The number of aromatic nitrogens is 3. The van der Waals surface area contributed by atoms with Crippen LogP contribution in [0.2, 0.25) is 0 Å². The predicted octanol–water partition coefficient (Wildman–Crippen LogP) is 3.19. The Morgan fingerprint density at radius 3 is 2.59 bits per heavy atom. The highest BCUT2D eigenvalue weighted by atomic mass is 127. The molecule has 0 aromatic carbocycles. The van der Waals surface area contributed by atoms with Gasteiger partial charge in [-0.15, -0.1) is 0 Å². The van der Waals surface area contributed by atoms with Crippen LogP contribution >= 0.6 is 22.6 Å². The van der Waals surface area contributed by atoms with Crippen molar-refractivity contribution in [3.05, 3.63) is 53.2 Å². The van der Waals surface area contributed by atoms with Gasteiger partial charge < -0.3 is 5.32 Å². The number of allylic oxidation sites excluding steroid dienone is 1. The molecule has 216 valence electrons. The number of carbonyl (C=O) groups is 1. The number of aliphatic imine (C=N–C) groups is 1. The molecule has 4 rings (SSSR count). The maximum atomic E-state index is 13.0. The summed E-state index contributed by atoms with van der Waals surface area (Å²) in [6, 6.07) is 4.33. The molecule has 1 fully saturated rings. The first kappa shape index (κ1) is 30.6. The number of halogens is 4. The van der Waals surface area contributed by atoms with E-state index >= 15 is 0 Å². The summed E-state index contributed by atoms with van der Waals surface area (Å²) in [6.45, 7) is 1.86. The topological polar surface area (TPSA) is 137 Å². The summed E-state index contributed by atoms with van der Waals surface area (Å²) in [7, 11) is -2.13. The summed E-state index contributed by atoms with van der Waals surface area (Å²) in [6.07, 6.45) is -0.568. The van der Waals surface area contributed by atoms with Gasteiger partial charge in [0.1, 0.15) is 11.1 Å². The first-order chi connectivity index (χ1) is 19.3. The van der Waals surface area contributed by atoms with E-state index in [1.54, 1.807) is 6.92 Å². The molecule has 0 atom stereocenters. The van der Waals surface area contributed by atoms with Crippen molar-refractivity contribution in [2.75, 3.05) is 24.7 Å². The second kappa shape index (κ2) is 11.9. The highest BCUT2D eigenvalue weighted by Crippen LogP contribution is 2.35. The van der Waals surface area contributed by atoms with Crippen LogP contribution in [0.4, 0.5) is 13.2 Å². The minimum atomic E-state index is -4.52. The predicted molar refractivity (Wildman–Crippen MR) is 151 cm³/mol. The van der Waals surface area contributed by atoms with Crippen LogP contribution in [0.15, 0.2) is 41.4 Å². The summed E-state index contributed by atoms with van der Waals surface area (Å²) >= 11 is 1.96. The number of hydrogen-bond donors (Lipinski definition) is 1. The zero-order chi connectivity index (χ0) is 30.0. The van der Waals surface area contributed by atoms with E-state index in [4.69, 9.17) is 0 Å². The van der Waals surface area contributed by atoms with E-state index < -0.39 is 33.3 Å². The smallest absolute Gasteiger partial charge is 0.323 e. The second-order valence-electron chi connectivity index (χ2n) is 9.34. The van der Waals surface area contributed by atoms with Crippen LogP contribution in [0.3, 0.4) is 0 Å². The monoisotopic (exact) mass is 700 g/mol. The van der Waals surface area contributed by atoms with Crippen molar-refractivity contribution >= 4 is 44.4 Å². The summed E-state index contributed by atoms with van der Waals surface area (Å²) in [4.78, 5) is 21.2. The van der Waals surface area contributed by atoms with Crippen LogP contribution in [-0.2, 0) is 16.4 Å². The Morgan fingerprint density at radius 1 is 1.29 bits per heavy atom. The van der Waals surface area contributed by atoms with Crippen molar-refractivity contribution in [2.24, 2.45) is 10.4 Å². The van der Waals surface area contributed by atoms with Gasteiger partial charge in [-0.05, 0) is 37.8 Å². The van der Waals surface area contributed by atoms with Gasteiger partial charge in [0.05, 0.1) is 40.1 Å². The lowest BCUT2D eigenvalue weighted by Crippen LogP contribution is -2.49. The molecule has 11 nitrogen and oxygen atoms in total. The van der Waals surface area contributed by atoms with Gasteiger partial charge in [0.15, 0.2) is 5.82 Å². The van der Waals surface area contributed by atoms with Gasteiger partial charge in [-0.2, -0.15) is 40.6 Å². The van der Waals surface area contributed by atoms with Crippen molar-refractivity contribution < 1.29 is 26.4 Å². The van der Waals surface area contributed by atoms with E-state index in [0.29, 0.717) is 27.9 Å². The van der Waals surface area contributed by atoms with Gasteiger partial charge in [-0.25, -0.2) is 14.7 Å². The molecule has 4 heterocycles. The molecule has 1 amide bonds. The van der Waals surface area contributed by atoms with E-state index in [-0.39, 0.29) is 43.7 Å². The normalized spacial score (nSPS) is 17.5. The standard InChI is InChI=1S/C25H24F3IN8O3S/c1-17-20(14-33-37(17)22-7-6-18(12-32-22)25(26,27)28)23(38)34-19-4-3-5-21(31-13-19)24(15-30)8-10-36(11-9-24)41(39,40)35(2)16-29/h6-7,12-14H,4,8-11,16H2,1-2H3,(H,34,38). The number of nitrogens with one attached hydrogen (secondary N) is 1. The SMILES string of the molecule is Cc1c(C(=O)NC2=CN=C(C3(C#N)CCN(S(=O)(=O)N(C)CI)CC3)C#CC2)cnn1-c1ccc(C(F)(F)F)cn1. The molecule has 2 aromatic rings. The Bertz CT molecular complexity index is 1610. The molecule has 0 spiro atoms. The summed E-state index contributed by atoms with van der Waals surface area (Å²) in [5.41, 5.74) is -0.757. The second-order valence-corrected chi connectivity index (χ2v) is 12.1. The molecule has 41 heavy (non-hydrogen) atoms. The van der Waals surface area contributed by atoms with Gasteiger partial charge in [0, 0.05) is 38.2 Å². The molecular weight excluding hydrogens is 676 g/mol. The molecule has 0 radical (unpaired) electrons. The van der Waals surface area contributed by atoms with Crippen LogP contribution in [0.1, 0.15) is 40.9 Å². The van der Waals surface area contributed by atoms with Crippen molar-refractivity contribution in [1.29, 1.82) is 5.26 Å². The molecule has 0 saturated carbocycles. The van der Waals surface area contributed by atoms with E-state index in [1.165, 1.54) is 32.7 Å². The van der Waals surface area contributed by atoms with Crippen molar-refractivity contribution in [2.45, 2.75) is 32.4 Å². The lowest BCUT2D eigenvalue weighted by atomic mass is 9.76. The lowest BCUT2D eigenvalue weighted by molar-refractivity contribution is -0.137. The fourth-order valence-electron chi connectivity index (χ4n) is 4.28. The van der Waals surface area contributed by atoms with Gasteiger partial charge in [-0.3, -0.25) is 4.79 Å². The van der Waals surface area contributed by atoms with E-state index in [9.17, 15) is 31.6 Å². The van der Waals surface area contributed by atoms with Gasteiger partial charge >= 0.3 is 6.18 Å². The number of nitrogens with zero attached hydrogens (tertiary/aromatic N) is 7. The summed E-state index contributed by atoms with van der Waals surface area (Å²) < 4.78 is 68.0. The molecule has 0 unspecified atom stereocenters.